The average Bonchev–Trinajstić information content (AvgIpc) is 3.26. The fraction of sp³-hybridized carbons (Fsp3) is 0.412. The van der Waals surface area contributed by atoms with E-state index in [4.69, 9.17) is 16.3 Å². The van der Waals surface area contributed by atoms with Crippen LogP contribution in [0, 0.1) is 0 Å². The molecule has 136 valence electrons. The molecule has 0 aromatic carbocycles. The molecule has 4 heterocycles. The summed E-state index contributed by atoms with van der Waals surface area (Å²) in [5.41, 5.74) is 1.52. The Bertz CT molecular complexity index is 917. The van der Waals surface area contributed by atoms with Gasteiger partial charge in [0.2, 0.25) is 0 Å². The number of aryl methyl sites for hydroxylation is 1. The maximum absolute atomic E-state index is 9.72. The Morgan fingerprint density at radius 3 is 2.88 bits per heavy atom. The van der Waals surface area contributed by atoms with E-state index in [1.165, 1.54) is 6.33 Å². The highest BCUT2D eigenvalue weighted by atomic mass is 35.5. The van der Waals surface area contributed by atoms with Crippen molar-refractivity contribution in [1.29, 1.82) is 0 Å². The summed E-state index contributed by atoms with van der Waals surface area (Å²) in [5.74, 6) is 1.13. The quantitative estimate of drug-likeness (QED) is 0.708. The van der Waals surface area contributed by atoms with E-state index in [9.17, 15) is 5.11 Å². The van der Waals surface area contributed by atoms with Gasteiger partial charge >= 0.3 is 6.01 Å². The van der Waals surface area contributed by atoms with Crippen LogP contribution in [-0.4, -0.2) is 49.2 Å². The van der Waals surface area contributed by atoms with Crippen LogP contribution >= 0.6 is 11.6 Å². The summed E-state index contributed by atoms with van der Waals surface area (Å²) >= 11 is 6.58. The van der Waals surface area contributed by atoms with E-state index in [-0.39, 0.29) is 18.7 Å². The molecule has 4 rings (SSSR count). The molecule has 0 amide bonds. The summed E-state index contributed by atoms with van der Waals surface area (Å²) in [6.45, 7) is 2.89. The van der Waals surface area contributed by atoms with Crippen molar-refractivity contribution in [3.8, 4) is 11.8 Å². The predicted molar refractivity (Wildman–Crippen MR) is 97.8 cm³/mol. The van der Waals surface area contributed by atoms with Crippen LogP contribution in [0.2, 0.25) is 5.02 Å². The first-order valence-corrected chi connectivity index (χ1v) is 8.97. The minimum Gasteiger partial charge on any atom is -0.421 e. The molecule has 0 aliphatic carbocycles. The molecule has 3 aromatic heterocycles. The lowest BCUT2D eigenvalue weighted by atomic mass is 10.2. The van der Waals surface area contributed by atoms with Crippen LogP contribution in [0.25, 0.3) is 11.0 Å². The smallest absolute Gasteiger partial charge is 0.326 e. The molecular weight excluding hydrogens is 356 g/mol. The summed E-state index contributed by atoms with van der Waals surface area (Å²) in [4.78, 5) is 22.3. The highest BCUT2D eigenvalue weighted by Gasteiger charge is 2.29. The van der Waals surface area contributed by atoms with Gasteiger partial charge in [0.1, 0.15) is 17.8 Å². The van der Waals surface area contributed by atoms with Gasteiger partial charge in [-0.05, 0) is 19.3 Å². The lowest BCUT2D eigenvalue weighted by molar-refractivity contribution is 0.266. The third-order valence-corrected chi connectivity index (χ3v) is 5.00. The van der Waals surface area contributed by atoms with E-state index >= 15 is 0 Å². The van der Waals surface area contributed by atoms with E-state index < -0.39 is 0 Å². The van der Waals surface area contributed by atoms with E-state index in [0.717, 1.165) is 36.9 Å². The van der Waals surface area contributed by atoms with Crippen molar-refractivity contribution in [2.24, 2.45) is 0 Å². The van der Waals surface area contributed by atoms with Gasteiger partial charge in [-0.1, -0.05) is 18.5 Å². The number of hydrogen-bond donors (Lipinski definition) is 2. The zero-order valence-electron chi connectivity index (χ0n) is 14.3. The topological polar surface area (TPSA) is 100 Å². The Kier molecular flexibility index (Phi) is 4.60. The molecule has 0 radical (unpaired) electrons. The standard InChI is InChI=1S/C17H19ClN6O2/c1-2-12-14(18)13-15(21-12)22-17(26-11-6-19-9-20-7-11)23-16(13)24-5-3-4-10(24)8-25/h6-7,9-10,25H,2-5,8H2,1H3,(H,21,22,23). The van der Waals surface area contributed by atoms with Gasteiger partial charge in [0.05, 0.1) is 35.5 Å². The molecule has 1 aliphatic heterocycles. The Morgan fingerprint density at radius 1 is 1.35 bits per heavy atom. The molecule has 1 fully saturated rings. The third kappa shape index (κ3) is 2.95. The highest BCUT2D eigenvalue weighted by Crippen LogP contribution is 2.38. The van der Waals surface area contributed by atoms with Crippen LogP contribution in [0.15, 0.2) is 18.7 Å². The van der Waals surface area contributed by atoms with Crippen molar-refractivity contribution in [2.75, 3.05) is 18.1 Å². The number of H-pyrrole nitrogens is 1. The molecule has 1 unspecified atom stereocenters. The van der Waals surface area contributed by atoms with Gasteiger partial charge in [0.25, 0.3) is 0 Å². The second kappa shape index (κ2) is 7.05. The van der Waals surface area contributed by atoms with Gasteiger partial charge in [0.15, 0.2) is 5.75 Å². The number of halogens is 1. The normalized spacial score (nSPS) is 17.2. The van der Waals surface area contributed by atoms with E-state index in [0.29, 0.717) is 22.2 Å². The van der Waals surface area contributed by atoms with Gasteiger partial charge in [-0.25, -0.2) is 9.97 Å². The van der Waals surface area contributed by atoms with Crippen LogP contribution in [0.3, 0.4) is 0 Å². The number of fused-ring (bicyclic) bond motifs is 1. The first-order chi connectivity index (χ1) is 12.7. The summed E-state index contributed by atoms with van der Waals surface area (Å²) in [7, 11) is 0. The number of aliphatic hydroxyl groups is 1. The first kappa shape index (κ1) is 17.0. The van der Waals surface area contributed by atoms with Gasteiger partial charge in [-0.2, -0.15) is 9.97 Å². The SMILES string of the molecule is CCc1[nH]c2nc(Oc3cncnc3)nc(N3CCCC3CO)c2c1Cl. The lowest BCUT2D eigenvalue weighted by Crippen LogP contribution is -2.33. The van der Waals surface area contributed by atoms with Crippen molar-refractivity contribution < 1.29 is 9.84 Å². The number of hydrogen-bond acceptors (Lipinski definition) is 7. The maximum Gasteiger partial charge on any atom is 0.326 e. The minimum atomic E-state index is 0.0112. The number of rotatable bonds is 5. The van der Waals surface area contributed by atoms with Crippen molar-refractivity contribution in [1.82, 2.24) is 24.9 Å². The molecule has 26 heavy (non-hydrogen) atoms. The van der Waals surface area contributed by atoms with Crippen molar-refractivity contribution in [3.63, 3.8) is 0 Å². The second-order valence-corrected chi connectivity index (χ2v) is 6.55. The van der Waals surface area contributed by atoms with Crippen LogP contribution in [-0.2, 0) is 6.42 Å². The van der Waals surface area contributed by atoms with Gasteiger partial charge < -0.3 is 19.7 Å². The number of nitrogens with one attached hydrogen (secondary N) is 1. The number of nitrogens with zero attached hydrogens (tertiary/aromatic N) is 5. The van der Waals surface area contributed by atoms with E-state index in [2.05, 4.69) is 29.8 Å². The zero-order valence-corrected chi connectivity index (χ0v) is 15.1. The maximum atomic E-state index is 9.72. The predicted octanol–water partition coefficient (Wildman–Crippen LogP) is 2.72. The third-order valence-electron chi connectivity index (χ3n) is 4.58. The van der Waals surface area contributed by atoms with Crippen molar-refractivity contribution in [3.05, 3.63) is 29.4 Å². The fourth-order valence-corrected chi connectivity index (χ4v) is 3.67. The molecule has 9 heteroatoms. The Hall–Kier alpha value is -2.45. The molecule has 1 saturated heterocycles. The fourth-order valence-electron chi connectivity index (χ4n) is 3.32. The molecular formula is C17H19ClN6O2. The first-order valence-electron chi connectivity index (χ1n) is 8.59. The summed E-state index contributed by atoms with van der Waals surface area (Å²) in [5, 5.41) is 11.1. The highest BCUT2D eigenvalue weighted by molar-refractivity contribution is 6.37. The number of aromatic nitrogens is 5. The lowest BCUT2D eigenvalue weighted by Gasteiger charge is -2.25. The van der Waals surface area contributed by atoms with Gasteiger partial charge in [0, 0.05) is 12.2 Å². The molecule has 3 aromatic rings. The number of anilines is 1. The molecule has 1 atom stereocenters. The summed E-state index contributed by atoms with van der Waals surface area (Å²) < 4.78 is 5.74. The summed E-state index contributed by atoms with van der Waals surface area (Å²) in [6.07, 6.45) is 7.17. The Morgan fingerprint density at radius 2 is 2.15 bits per heavy atom. The van der Waals surface area contributed by atoms with Crippen LogP contribution in [0.4, 0.5) is 5.82 Å². The zero-order chi connectivity index (χ0) is 18.1. The van der Waals surface area contributed by atoms with Crippen molar-refractivity contribution >= 4 is 28.5 Å². The molecule has 0 saturated carbocycles. The molecule has 0 spiro atoms. The Balaban J connectivity index is 1.84. The largest absolute Gasteiger partial charge is 0.421 e. The number of ether oxygens (including phenoxy) is 1. The molecule has 1 aliphatic rings. The van der Waals surface area contributed by atoms with Gasteiger partial charge in [-0.15, -0.1) is 0 Å². The van der Waals surface area contributed by atoms with Gasteiger partial charge in [-0.3, -0.25) is 0 Å². The number of aliphatic hydroxyl groups excluding tert-OH is 1. The molecule has 2 N–H and O–H groups in total. The minimum absolute atomic E-state index is 0.0112. The second-order valence-electron chi connectivity index (χ2n) is 6.17. The van der Waals surface area contributed by atoms with Crippen LogP contribution < -0.4 is 9.64 Å². The summed E-state index contributed by atoms with van der Waals surface area (Å²) in [6, 6.07) is 0.198. The van der Waals surface area contributed by atoms with Crippen LogP contribution in [0.5, 0.6) is 11.8 Å². The van der Waals surface area contributed by atoms with Crippen molar-refractivity contribution in [2.45, 2.75) is 32.2 Å². The molecule has 0 bridgehead atoms. The average molecular weight is 375 g/mol. The molecule has 8 nitrogen and oxygen atoms in total. The monoisotopic (exact) mass is 374 g/mol. The van der Waals surface area contributed by atoms with E-state index in [1.54, 1.807) is 12.4 Å². The number of aromatic amines is 1. The Labute approximate surface area is 155 Å². The van der Waals surface area contributed by atoms with E-state index in [1.807, 2.05) is 6.92 Å². The van der Waals surface area contributed by atoms with Crippen LogP contribution in [0.1, 0.15) is 25.5 Å².